The molecule has 0 aromatic carbocycles. The SMILES string of the molecule is CC(C)(C)c1c[c-]n(-c2ccccn2)n1.CC(C)(c1ccccn1)c1ccccn1.[Ru+]. The van der Waals surface area contributed by atoms with Gasteiger partial charge in [-0.3, -0.25) is 15.1 Å². The zero-order valence-corrected chi connectivity index (χ0v) is 20.3. The first kappa shape index (κ1) is 24.6. The van der Waals surface area contributed by atoms with Gasteiger partial charge in [-0.25, -0.2) is 0 Å². The fourth-order valence-electron chi connectivity index (χ4n) is 2.85. The van der Waals surface area contributed by atoms with Crippen molar-refractivity contribution in [3.05, 3.63) is 103 Å². The summed E-state index contributed by atoms with van der Waals surface area (Å²) in [4.78, 5) is 13.0. The molecule has 0 unspecified atom stereocenters. The van der Waals surface area contributed by atoms with Crippen molar-refractivity contribution >= 4 is 0 Å². The first-order valence-electron chi connectivity index (χ1n) is 10.0. The Balaban J connectivity index is 0.000000213. The molecule has 4 heterocycles. The monoisotopic (exact) mass is 500 g/mol. The summed E-state index contributed by atoms with van der Waals surface area (Å²) >= 11 is 0. The second-order valence-electron chi connectivity index (χ2n) is 8.56. The first-order valence-corrected chi connectivity index (χ1v) is 10.0. The minimum absolute atomic E-state index is 0. The molecule has 1 radical (unpaired) electrons. The van der Waals surface area contributed by atoms with Crippen LogP contribution in [0, 0.1) is 6.20 Å². The van der Waals surface area contributed by atoms with Gasteiger partial charge in [-0.2, -0.15) is 0 Å². The van der Waals surface area contributed by atoms with E-state index in [0.29, 0.717) is 0 Å². The van der Waals surface area contributed by atoms with Gasteiger partial charge in [0.2, 0.25) is 0 Å². The van der Waals surface area contributed by atoms with Crippen LogP contribution in [0.15, 0.2) is 79.3 Å². The summed E-state index contributed by atoms with van der Waals surface area (Å²) in [6, 6.07) is 19.6. The van der Waals surface area contributed by atoms with Crippen molar-refractivity contribution in [3.63, 3.8) is 0 Å². The number of aromatic nitrogens is 5. The normalized spacial score (nSPS) is 11.1. The molecule has 31 heavy (non-hydrogen) atoms. The molecule has 0 amide bonds. The van der Waals surface area contributed by atoms with Crippen molar-refractivity contribution in [2.75, 3.05) is 0 Å². The van der Waals surface area contributed by atoms with Gasteiger partial charge in [0.25, 0.3) is 0 Å². The summed E-state index contributed by atoms with van der Waals surface area (Å²) in [5, 5.41) is 4.45. The summed E-state index contributed by atoms with van der Waals surface area (Å²) in [7, 11) is 0. The molecule has 4 aromatic heterocycles. The third-order valence-electron chi connectivity index (χ3n) is 4.78. The molecule has 4 aromatic rings. The van der Waals surface area contributed by atoms with E-state index in [2.05, 4.69) is 60.9 Å². The molecule has 0 N–H and O–H groups in total. The maximum Gasteiger partial charge on any atom is 1.00 e. The Kier molecular flexibility index (Phi) is 8.35. The van der Waals surface area contributed by atoms with Gasteiger partial charge in [0, 0.05) is 24.0 Å². The quantitative estimate of drug-likeness (QED) is 0.289. The number of pyridine rings is 3. The Morgan fingerprint density at radius 3 is 1.58 bits per heavy atom. The third kappa shape index (κ3) is 6.38. The van der Waals surface area contributed by atoms with Crippen molar-refractivity contribution < 1.29 is 19.5 Å². The Labute approximate surface area is 197 Å². The molecular formula is C25H28N5Ru. The summed E-state index contributed by atoms with van der Waals surface area (Å²) in [5.74, 6) is 0.799. The molecule has 4 rings (SSSR count). The third-order valence-corrected chi connectivity index (χ3v) is 4.78. The predicted octanol–water partition coefficient (Wildman–Crippen LogP) is 5.16. The van der Waals surface area contributed by atoms with Crippen molar-refractivity contribution in [3.8, 4) is 5.82 Å². The minimum Gasteiger partial charge on any atom is -0.343 e. The van der Waals surface area contributed by atoms with Gasteiger partial charge in [0.05, 0.1) is 17.2 Å². The van der Waals surface area contributed by atoms with Crippen LogP contribution in [0.1, 0.15) is 51.7 Å². The Morgan fingerprint density at radius 1 is 0.677 bits per heavy atom. The van der Waals surface area contributed by atoms with Gasteiger partial charge in [0.1, 0.15) is 0 Å². The molecule has 6 heteroatoms. The van der Waals surface area contributed by atoms with E-state index < -0.39 is 0 Å². The van der Waals surface area contributed by atoms with E-state index in [-0.39, 0.29) is 30.3 Å². The number of hydrogen-bond donors (Lipinski definition) is 0. The van der Waals surface area contributed by atoms with Gasteiger partial charge in [-0.1, -0.05) is 51.2 Å². The molecule has 0 spiro atoms. The molecule has 0 aliphatic carbocycles. The molecule has 0 aliphatic heterocycles. The van der Waals surface area contributed by atoms with Crippen LogP contribution in [0.4, 0.5) is 0 Å². The maximum absolute atomic E-state index is 4.45. The molecule has 0 aliphatic rings. The summed E-state index contributed by atoms with van der Waals surface area (Å²) in [5.41, 5.74) is 3.03. The van der Waals surface area contributed by atoms with E-state index in [1.54, 1.807) is 10.9 Å². The number of rotatable bonds is 3. The van der Waals surface area contributed by atoms with Crippen LogP contribution in [-0.4, -0.2) is 24.7 Å². The average molecular weight is 500 g/mol. The molecule has 5 nitrogen and oxygen atoms in total. The topological polar surface area (TPSA) is 56.5 Å². The fourth-order valence-corrected chi connectivity index (χ4v) is 2.85. The van der Waals surface area contributed by atoms with E-state index in [0.717, 1.165) is 22.9 Å². The van der Waals surface area contributed by atoms with Gasteiger partial charge in [0.15, 0.2) is 0 Å². The minimum atomic E-state index is -0.136. The fraction of sp³-hybridized carbons (Fsp3) is 0.280. The number of hydrogen-bond acceptors (Lipinski definition) is 4. The van der Waals surface area contributed by atoms with E-state index in [1.165, 1.54) is 0 Å². The molecule has 0 saturated heterocycles. The zero-order chi connectivity index (χ0) is 21.6. The van der Waals surface area contributed by atoms with Crippen LogP contribution in [0.2, 0.25) is 0 Å². The van der Waals surface area contributed by atoms with E-state index in [1.807, 2.05) is 73.1 Å². The van der Waals surface area contributed by atoms with Crippen molar-refractivity contribution in [2.45, 2.75) is 45.4 Å². The van der Waals surface area contributed by atoms with Crippen LogP contribution < -0.4 is 0 Å². The smallest absolute Gasteiger partial charge is 0.343 e. The van der Waals surface area contributed by atoms with E-state index >= 15 is 0 Å². The molecule has 0 fully saturated rings. The van der Waals surface area contributed by atoms with Crippen molar-refractivity contribution in [1.82, 2.24) is 24.7 Å². The van der Waals surface area contributed by atoms with Gasteiger partial charge >= 0.3 is 19.5 Å². The van der Waals surface area contributed by atoms with Crippen LogP contribution >= 0.6 is 0 Å². The van der Waals surface area contributed by atoms with Crippen LogP contribution in [0.5, 0.6) is 0 Å². The maximum atomic E-state index is 4.45. The Bertz CT molecular complexity index is 998. The number of nitrogens with zero attached hydrogens (tertiary/aromatic N) is 5. The van der Waals surface area contributed by atoms with Crippen LogP contribution in [0.3, 0.4) is 0 Å². The summed E-state index contributed by atoms with van der Waals surface area (Å²) < 4.78 is 1.68. The van der Waals surface area contributed by atoms with Crippen LogP contribution in [0.25, 0.3) is 5.82 Å². The summed E-state index contributed by atoms with van der Waals surface area (Å²) in [6.07, 6.45) is 8.46. The standard InChI is InChI=1S/C13H14N2.C12H14N3.Ru/c1-13(2,11-7-3-5-9-14-11)12-8-4-6-10-15-12;1-12(2,3)10-7-9-15(14-10)11-6-4-5-8-13-11;/h3-10H,1-2H3;4-8H,1-3H3;/q;-1;+1. The van der Waals surface area contributed by atoms with Gasteiger partial charge < -0.3 is 9.67 Å². The van der Waals surface area contributed by atoms with Crippen LogP contribution in [-0.2, 0) is 30.3 Å². The van der Waals surface area contributed by atoms with E-state index in [4.69, 9.17) is 0 Å². The van der Waals surface area contributed by atoms with Crippen molar-refractivity contribution in [2.24, 2.45) is 0 Å². The average Bonchev–Trinajstić information content (AvgIpc) is 3.27. The molecule has 0 saturated carbocycles. The molecule has 161 valence electrons. The largest absolute Gasteiger partial charge is 1.00 e. The van der Waals surface area contributed by atoms with Gasteiger partial charge in [-0.05, 0) is 55.3 Å². The Morgan fingerprint density at radius 2 is 1.19 bits per heavy atom. The van der Waals surface area contributed by atoms with Gasteiger partial charge in [-0.15, -0.1) is 6.07 Å². The molecule has 0 bridgehead atoms. The van der Waals surface area contributed by atoms with E-state index in [9.17, 15) is 0 Å². The van der Waals surface area contributed by atoms with Crippen molar-refractivity contribution in [1.29, 1.82) is 0 Å². The predicted molar refractivity (Wildman–Crippen MR) is 119 cm³/mol. The first-order chi connectivity index (χ1) is 14.3. The zero-order valence-electron chi connectivity index (χ0n) is 18.6. The second-order valence-corrected chi connectivity index (χ2v) is 8.56. The summed E-state index contributed by atoms with van der Waals surface area (Å²) in [6.45, 7) is 10.7. The molecular weight excluding hydrogens is 471 g/mol. The second kappa shape index (κ2) is 10.5. The Hall–Kier alpha value is -2.72. The molecule has 0 atom stereocenters.